The Morgan fingerprint density at radius 3 is 2.15 bits per heavy atom. The molecule has 0 aromatic heterocycles. The molecule has 0 radical (unpaired) electrons. The van der Waals surface area contributed by atoms with Gasteiger partial charge in [-0.3, -0.25) is 5.32 Å². The summed E-state index contributed by atoms with van der Waals surface area (Å²) in [6.45, 7) is 0.103. The highest BCUT2D eigenvalue weighted by Crippen LogP contribution is 2.37. The highest BCUT2D eigenvalue weighted by atomic mass is 79.9. The number of carboxylic acids is 1. The number of nitrogens with one attached hydrogen (secondary N) is 1. The fourth-order valence-corrected chi connectivity index (χ4v) is 1.29. The van der Waals surface area contributed by atoms with Crippen molar-refractivity contribution in [1.82, 2.24) is 5.32 Å². The van der Waals surface area contributed by atoms with Gasteiger partial charge in [0.05, 0.1) is 0 Å². The molecule has 78 valence electrons. The van der Waals surface area contributed by atoms with E-state index in [1.165, 1.54) is 0 Å². The van der Waals surface area contributed by atoms with Crippen molar-refractivity contribution < 1.29 is 23.1 Å². The zero-order valence-corrected chi connectivity index (χ0v) is 8.23. The fourth-order valence-electron chi connectivity index (χ4n) is 1.29. The van der Waals surface area contributed by atoms with Crippen LogP contribution in [0.1, 0.15) is 12.8 Å². The highest BCUT2D eigenvalue weighted by Gasteiger charge is 2.61. The van der Waals surface area contributed by atoms with Crippen LogP contribution in [0.2, 0.25) is 0 Å². The van der Waals surface area contributed by atoms with Gasteiger partial charge in [-0.25, -0.2) is 4.79 Å². The maximum absolute atomic E-state index is 12.2. The van der Waals surface area contributed by atoms with E-state index in [1.54, 1.807) is 0 Å². The third-order valence-corrected chi connectivity index (χ3v) is 2.00. The van der Waals surface area contributed by atoms with Gasteiger partial charge in [-0.2, -0.15) is 13.2 Å². The molecule has 2 N–H and O–H groups in total. The van der Waals surface area contributed by atoms with Crippen LogP contribution in [-0.4, -0.2) is 29.3 Å². The smallest absolute Gasteiger partial charge is 0.417 e. The van der Waals surface area contributed by atoms with Crippen molar-refractivity contribution in [2.24, 2.45) is 0 Å². The minimum atomic E-state index is -4.71. The van der Waals surface area contributed by atoms with Gasteiger partial charge < -0.3 is 5.11 Å². The number of rotatable bonds is 1. The maximum atomic E-state index is 12.2. The second kappa shape index (κ2) is 3.83. The molecule has 1 aliphatic heterocycles. The Hall–Kier alpha value is -0.300. The Morgan fingerprint density at radius 2 is 2.00 bits per heavy atom. The molecule has 3 nitrogen and oxygen atoms in total. The summed E-state index contributed by atoms with van der Waals surface area (Å²) in [7, 11) is 0. The summed E-state index contributed by atoms with van der Waals surface area (Å²) in [4.78, 5) is 10.4. The lowest BCUT2D eigenvalue weighted by Crippen LogP contribution is -2.58. The molecule has 0 aromatic carbocycles. The number of carboxylic acid groups (broad SMARTS) is 1. The van der Waals surface area contributed by atoms with Crippen LogP contribution in [0.4, 0.5) is 13.2 Å². The summed E-state index contributed by atoms with van der Waals surface area (Å²) in [6, 6.07) is 0. The van der Waals surface area contributed by atoms with Crippen molar-refractivity contribution in [3.63, 3.8) is 0 Å². The van der Waals surface area contributed by atoms with Crippen LogP contribution in [0.5, 0.6) is 0 Å². The standard InChI is InChI=1S/C6H8F3NO2.BrH/c7-6(8,9)5(4(11)12)2-1-3-10-5;/h10H,1-3H2,(H,11,12);1H/t5-;/m1./s1. The maximum Gasteiger partial charge on any atom is 0.417 e. The summed E-state index contributed by atoms with van der Waals surface area (Å²) >= 11 is 0. The average molecular weight is 264 g/mol. The first-order valence-corrected chi connectivity index (χ1v) is 3.45. The summed E-state index contributed by atoms with van der Waals surface area (Å²) in [5.74, 6) is -1.84. The summed E-state index contributed by atoms with van der Waals surface area (Å²) in [5, 5.41) is 10.4. The molecule has 0 unspecified atom stereocenters. The molecule has 1 rings (SSSR count). The van der Waals surface area contributed by atoms with E-state index in [-0.39, 0.29) is 36.4 Å². The average Bonchev–Trinajstić information content (AvgIpc) is 2.31. The SMILES string of the molecule is Br.O=C(O)[C@@]1(C(F)(F)F)CCCN1. The Bertz CT molecular complexity index is 201. The Labute approximate surface area is 83.1 Å². The van der Waals surface area contributed by atoms with Crippen molar-refractivity contribution in [2.75, 3.05) is 6.54 Å². The van der Waals surface area contributed by atoms with E-state index in [9.17, 15) is 18.0 Å². The number of hydrogen-bond acceptors (Lipinski definition) is 2. The lowest BCUT2D eigenvalue weighted by atomic mass is 9.97. The topological polar surface area (TPSA) is 49.3 Å². The first kappa shape index (κ1) is 12.7. The molecule has 0 amide bonds. The van der Waals surface area contributed by atoms with E-state index < -0.39 is 17.7 Å². The number of alkyl halides is 3. The fraction of sp³-hybridized carbons (Fsp3) is 0.833. The van der Waals surface area contributed by atoms with Crippen molar-refractivity contribution >= 4 is 23.0 Å². The molecular weight excluding hydrogens is 255 g/mol. The van der Waals surface area contributed by atoms with Crippen molar-refractivity contribution in [3.05, 3.63) is 0 Å². The van der Waals surface area contributed by atoms with Crippen molar-refractivity contribution in [3.8, 4) is 0 Å². The molecule has 7 heteroatoms. The molecule has 1 fully saturated rings. The molecule has 1 aliphatic rings. The van der Waals surface area contributed by atoms with E-state index in [0.29, 0.717) is 0 Å². The van der Waals surface area contributed by atoms with Crippen LogP contribution in [0.15, 0.2) is 0 Å². The molecule has 1 saturated heterocycles. The van der Waals surface area contributed by atoms with Crippen LogP contribution >= 0.6 is 17.0 Å². The van der Waals surface area contributed by atoms with Gasteiger partial charge in [0.2, 0.25) is 5.54 Å². The van der Waals surface area contributed by atoms with Gasteiger partial charge in [-0.1, -0.05) is 0 Å². The van der Waals surface area contributed by atoms with E-state index in [2.05, 4.69) is 0 Å². The third kappa shape index (κ3) is 1.96. The van der Waals surface area contributed by atoms with Crippen molar-refractivity contribution in [2.45, 2.75) is 24.6 Å². The molecule has 1 atom stereocenters. The second-order valence-corrected chi connectivity index (χ2v) is 2.74. The minimum absolute atomic E-state index is 0. The predicted molar refractivity (Wildman–Crippen MR) is 44.0 cm³/mol. The molecular formula is C6H9BrF3NO2. The monoisotopic (exact) mass is 263 g/mol. The molecule has 0 saturated carbocycles. The van der Waals surface area contributed by atoms with Gasteiger partial charge in [0, 0.05) is 0 Å². The predicted octanol–water partition coefficient (Wildman–Crippen LogP) is 1.33. The molecule has 0 aliphatic carbocycles. The third-order valence-electron chi connectivity index (χ3n) is 2.00. The molecule has 1 heterocycles. The van der Waals surface area contributed by atoms with Gasteiger partial charge >= 0.3 is 12.1 Å². The number of halogens is 4. The van der Waals surface area contributed by atoms with Gasteiger partial charge in [0.25, 0.3) is 0 Å². The van der Waals surface area contributed by atoms with Crippen LogP contribution in [-0.2, 0) is 4.79 Å². The van der Waals surface area contributed by atoms with Crippen LogP contribution in [0.25, 0.3) is 0 Å². The van der Waals surface area contributed by atoms with Crippen LogP contribution in [0.3, 0.4) is 0 Å². The quantitative estimate of drug-likeness (QED) is 0.751. The van der Waals surface area contributed by atoms with E-state index in [1.807, 2.05) is 5.32 Å². The molecule has 13 heavy (non-hydrogen) atoms. The zero-order chi connectivity index (χ0) is 9.41. The first-order chi connectivity index (χ1) is 5.40. The number of hydrogen-bond donors (Lipinski definition) is 2. The van der Waals surface area contributed by atoms with Gasteiger partial charge in [-0.05, 0) is 19.4 Å². The summed E-state index contributed by atoms with van der Waals surface area (Å²) < 4.78 is 36.7. The number of aliphatic carboxylic acids is 1. The largest absolute Gasteiger partial charge is 0.480 e. The van der Waals surface area contributed by atoms with E-state index in [4.69, 9.17) is 5.11 Å². The van der Waals surface area contributed by atoms with Gasteiger partial charge in [-0.15, -0.1) is 17.0 Å². The lowest BCUT2D eigenvalue weighted by molar-refractivity contribution is -0.206. The van der Waals surface area contributed by atoms with Crippen molar-refractivity contribution in [1.29, 1.82) is 0 Å². The Balaban J connectivity index is 0.00000144. The zero-order valence-electron chi connectivity index (χ0n) is 6.52. The summed E-state index contributed by atoms with van der Waals surface area (Å²) in [6.07, 6.45) is -4.85. The molecule has 0 aromatic rings. The van der Waals surface area contributed by atoms with Crippen LogP contribution < -0.4 is 5.32 Å². The number of carbonyl (C=O) groups is 1. The first-order valence-electron chi connectivity index (χ1n) is 3.45. The Kier molecular flexibility index (Phi) is 3.74. The highest BCUT2D eigenvalue weighted by molar-refractivity contribution is 8.93. The Morgan fingerprint density at radius 1 is 1.46 bits per heavy atom. The van der Waals surface area contributed by atoms with Crippen LogP contribution in [0, 0.1) is 0 Å². The van der Waals surface area contributed by atoms with Gasteiger partial charge in [0.15, 0.2) is 0 Å². The van der Waals surface area contributed by atoms with E-state index in [0.717, 1.165) is 0 Å². The molecule has 0 spiro atoms. The molecule has 0 bridgehead atoms. The van der Waals surface area contributed by atoms with E-state index >= 15 is 0 Å². The minimum Gasteiger partial charge on any atom is -0.480 e. The second-order valence-electron chi connectivity index (χ2n) is 2.74. The van der Waals surface area contributed by atoms with Gasteiger partial charge in [0.1, 0.15) is 0 Å². The summed E-state index contributed by atoms with van der Waals surface area (Å²) in [5.41, 5.74) is -2.70. The lowest BCUT2D eigenvalue weighted by Gasteiger charge is -2.26. The normalized spacial score (nSPS) is 28.2.